The summed E-state index contributed by atoms with van der Waals surface area (Å²) in [6.07, 6.45) is 2.43. The summed E-state index contributed by atoms with van der Waals surface area (Å²) in [7, 11) is 0. The lowest BCUT2D eigenvalue weighted by molar-refractivity contribution is 0.246. The monoisotopic (exact) mass is 344 g/mol. The highest BCUT2D eigenvalue weighted by Gasteiger charge is 2.55. The van der Waals surface area contributed by atoms with Gasteiger partial charge in [-0.2, -0.15) is 0 Å². The van der Waals surface area contributed by atoms with Gasteiger partial charge in [0.15, 0.2) is 0 Å². The van der Waals surface area contributed by atoms with Crippen LogP contribution in [0.2, 0.25) is 0 Å². The van der Waals surface area contributed by atoms with Gasteiger partial charge in [-0.15, -0.1) is 0 Å². The molecular weight excluding hydrogens is 320 g/mol. The van der Waals surface area contributed by atoms with Crippen LogP contribution in [0.5, 0.6) is 5.75 Å². The third-order valence-corrected chi connectivity index (χ3v) is 5.43. The minimum atomic E-state index is -0.342. The average Bonchev–Trinajstić information content (AvgIpc) is 3.38. The van der Waals surface area contributed by atoms with Crippen molar-refractivity contribution in [1.82, 2.24) is 0 Å². The zero-order chi connectivity index (χ0) is 17.8. The standard InChI is InChI=1S/C20H24O5/c1-12-9-18(21)23-15-10-13(5-6-14(12)15)22-11-17-20(4,25-17)8-7-16-19(2,3)24-16/h5-6,9-10,16-17H,7-8,11H2,1-4H3. The predicted molar refractivity (Wildman–Crippen MR) is 94.2 cm³/mol. The molecular formula is C20H24O5. The average molecular weight is 344 g/mol. The van der Waals surface area contributed by atoms with Crippen LogP contribution in [0.25, 0.3) is 11.0 Å². The van der Waals surface area contributed by atoms with Crippen molar-refractivity contribution in [3.8, 4) is 5.75 Å². The van der Waals surface area contributed by atoms with Crippen molar-refractivity contribution in [3.05, 3.63) is 40.2 Å². The van der Waals surface area contributed by atoms with Crippen LogP contribution in [0.1, 0.15) is 39.2 Å². The quantitative estimate of drug-likeness (QED) is 0.592. The molecule has 0 aliphatic carbocycles. The molecule has 0 amide bonds. The van der Waals surface area contributed by atoms with E-state index in [4.69, 9.17) is 18.6 Å². The Kier molecular flexibility index (Phi) is 3.71. The zero-order valence-corrected chi connectivity index (χ0v) is 15.1. The Morgan fingerprint density at radius 3 is 2.60 bits per heavy atom. The van der Waals surface area contributed by atoms with Crippen molar-refractivity contribution in [2.24, 2.45) is 0 Å². The van der Waals surface area contributed by atoms with Gasteiger partial charge in [-0.3, -0.25) is 0 Å². The fourth-order valence-corrected chi connectivity index (χ4v) is 3.44. The van der Waals surface area contributed by atoms with Gasteiger partial charge >= 0.3 is 5.63 Å². The fraction of sp³-hybridized carbons (Fsp3) is 0.550. The van der Waals surface area contributed by atoms with Crippen LogP contribution in [-0.4, -0.2) is 30.0 Å². The lowest BCUT2D eigenvalue weighted by atomic mass is 9.97. The Morgan fingerprint density at radius 2 is 1.88 bits per heavy atom. The largest absolute Gasteiger partial charge is 0.491 e. The number of ether oxygens (including phenoxy) is 3. The van der Waals surface area contributed by atoms with Crippen LogP contribution in [0.4, 0.5) is 0 Å². The Morgan fingerprint density at radius 1 is 1.12 bits per heavy atom. The molecule has 3 unspecified atom stereocenters. The van der Waals surface area contributed by atoms with Crippen molar-refractivity contribution < 1.29 is 18.6 Å². The van der Waals surface area contributed by atoms with Gasteiger partial charge in [0.2, 0.25) is 0 Å². The van der Waals surface area contributed by atoms with Gasteiger partial charge < -0.3 is 18.6 Å². The second kappa shape index (κ2) is 5.58. The Hall–Kier alpha value is -1.85. The van der Waals surface area contributed by atoms with E-state index in [2.05, 4.69) is 20.8 Å². The van der Waals surface area contributed by atoms with Gasteiger partial charge in [-0.05, 0) is 58.2 Å². The first kappa shape index (κ1) is 16.6. The first-order valence-corrected chi connectivity index (χ1v) is 8.80. The lowest BCUT2D eigenvalue weighted by Gasteiger charge is -2.08. The number of hydrogen-bond donors (Lipinski definition) is 0. The van der Waals surface area contributed by atoms with Crippen molar-refractivity contribution in [1.29, 1.82) is 0 Å². The third kappa shape index (κ3) is 3.31. The number of hydrogen-bond acceptors (Lipinski definition) is 5. The minimum Gasteiger partial charge on any atom is -0.491 e. The molecule has 3 atom stereocenters. The van der Waals surface area contributed by atoms with Gasteiger partial charge in [0, 0.05) is 17.5 Å². The molecule has 1 aromatic carbocycles. The highest BCUT2D eigenvalue weighted by molar-refractivity contribution is 5.81. The summed E-state index contributed by atoms with van der Waals surface area (Å²) in [5, 5.41) is 0.923. The van der Waals surface area contributed by atoms with Crippen molar-refractivity contribution in [2.75, 3.05) is 6.61 Å². The maximum absolute atomic E-state index is 11.5. The highest BCUT2D eigenvalue weighted by atomic mass is 16.6. The van der Waals surface area contributed by atoms with E-state index in [-0.39, 0.29) is 22.9 Å². The van der Waals surface area contributed by atoms with E-state index in [0.29, 0.717) is 24.0 Å². The number of fused-ring (bicyclic) bond motifs is 1. The normalized spacial score (nSPS) is 29.6. The van der Waals surface area contributed by atoms with Crippen LogP contribution < -0.4 is 10.4 Å². The number of rotatable bonds is 6. The maximum atomic E-state index is 11.5. The smallest absolute Gasteiger partial charge is 0.336 e. The zero-order valence-electron chi connectivity index (χ0n) is 15.1. The van der Waals surface area contributed by atoms with Gasteiger partial charge in [0.1, 0.15) is 24.0 Å². The van der Waals surface area contributed by atoms with Crippen molar-refractivity contribution in [2.45, 2.75) is 63.9 Å². The minimum absolute atomic E-state index is 0.0321. The summed E-state index contributed by atoms with van der Waals surface area (Å²) in [6, 6.07) is 7.08. The summed E-state index contributed by atoms with van der Waals surface area (Å²) in [5.74, 6) is 0.686. The van der Waals surface area contributed by atoms with Crippen LogP contribution in [0.15, 0.2) is 33.5 Å². The predicted octanol–water partition coefficient (Wildman–Crippen LogP) is 3.60. The van der Waals surface area contributed by atoms with Crippen LogP contribution in [0, 0.1) is 6.92 Å². The molecule has 2 fully saturated rings. The Labute approximate surface area is 146 Å². The van der Waals surface area contributed by atoms with E-state index in [1.165, 1.54) is 6.07 Å². The first-order valence-electron chi connectivity index (χ1n) is 8.80. The van der Waals surface area contributed by atoms with Crippen molar-refractivity contribution >= 4 is 11.0 Å². The topological polar surface area (TPSA) is 64.5 Å². The van der Waals surface area contributed by atoms with E-state index in [9.17, 15) is 4.79 Å². The molecule has 0 bridgehead atoms. The molecule has 0 N–H and O–H groups in total. The third-order valence-electron chi connectivity index (χ3n) is 5.43. The number of aryl methyl sites for hydroxylation is 1. The molecule has 134 valence electrons. The van der Waals surface area contributed by atoms with Crippen LogP contribution >= 0.6 is 0 Å². The molecule has 0 saturated carbocycles. The molecule has 5 nitrogen and oxygen atoms in total. The van der Waals surface area contributed by atoms with Gasteiger partial charge in [0.05, 0.1) is 17.3 Å². The maximum Gasteiger partial charge on any atom is 0.336 e. The SMILES string of the molecule is Cc1cc(=O)oc2cc(OCC3OC3(C)CCC3OC3(C)C)ccc12. The Balaban J connectivity index is 1.34. The molecule has 5 heteroatoms. The van der Waals surface area contributed by atoms with E-state index in [1.807, 2.05) is 19.1 Å². The number of benzene rings is 1. The van der Waals surface area contributed by atoms with E-state index in [0.717, 1.165) is 23.8 Å². The van der Waals surface area contributed by atoms with Gasteiger partial charge in [-0.1, -0.05) is 0 Å². The molecule has 2 saturated heterocycles. The summed E-state index contributed by atoms with van der Waals surface area (Å²) in [5.41, 5.74) is 1.02. The summed E-state index contributed by atoms with van der Waals surface area (Å²) in [6.45, 7) is 8.75. The van der Waals surface area contributed by atoms with E-state index in [1.54, 1.807) is 6.07 Å². The molecule has 3 heterocycles. The first-order chi connectivity index (χ1) is 11.8. The summed E-state index contributed by atoms with van der Waals surface area (Å²) in [4.78, 5) is 11.5. The molecule has 1 aromatic heterocycles. The van der Waals surface area contributed by atoms with E-state index < -0.39 is 0 Å². The molecule has 0 radical (unpaired) electrons. The molecule has 2 aliphatic heterocycles. The fourth-order valence-electron chi connectivity index (χ4n) is 3.44. The van der Waals surface area contributed by atoms with Crippen LogP contribution in [0.3, 0.4) is 0 Å². The number of epoxide rings is 2. The van der Waals surface area contributed by atoms with Crippen molar-refractivity contribution in [3.63, 3.8) is 0 Å². The van der Waals surface area contributed by atoms with E-state index >= 15 is 0 Å². The Bertz CT molecular complexity index is 868. The summed E-state index contributed by atoms with van der Waals surface area (Å²) < 4.78 is 22.6. The molecule has 2 aliphatic rings. The molecule has 4 rings (SSSR count). The molecule has 25 heavy (non-hydrogen) atoms. The van der Waals surface area contributed by atoms with Gasteiger partial charge in [0.25, 0.3) is 0 Å². The molecule has 2 aromatic rings. The van der Waals surface area contributed by atoms with Crippen LogP contribution in [-0.2, 0) is 9.47 Å². The second-order valence-electron chi connectivity index (χ2n) is 7.89. The van der Waals surface area contributed by atoms with Gasteiger partial charge in [-0.25, -0.2) is 4.79 Å². The highest BCUT2D eigenvalue weighted by Crippen LogP contribution is 2.45. The molecule has 0 spiro atoms. The second-order valence-corrected chi connectivity index (χ2v) is 7.89. The lowest BCUT2D eigenvalue weighted by Crippen LogP contribution is -2.17. The summed E-state index contributed by atoms with van der Waals surface area (Å²) >= 11 is 0.